The molecule has 0 amide bonds. The van der Waals surface area contributed by atoms with E-state index >= 15 is 0 Å². The van der Waals surface area contributed by atoms with E-state index in [0.29, 0.717) is 11.8 Å². The van der Waals surface area contributed by atoms with Gasteiger partial charge in [0.1, 0.15) is 6.79 Å². The largest absolute Gasteiger partial charge is 0.393 e. The number of hydrogen-bond acceptors (Lipinski definition) is 3. The quantitative estimate of drug-likeness (QED) is 0.726. The highest BCUT2D eigenvalue weighted by atomic mass is 16.6. The molecule has 94 valence electrons. The fourth-order valence-corrected chi connectivity index (χ4v) is 4.19. The SMILES string of the molecule is C[C@H](OCO)[C@H]1CC[C@H]2[C@@H](O)CCC[C@]12C. The third-order valence-corrected chi connectivity index (χ3v) is 5.07. The monoisotopic (exact) mass is 228 g/mol. The zero-order chi connectivity index (χ0) is 11.8. The predicted molar refractivity (Wildman–Crippen MR) is 61.8 cm³/mol. The van der Waals surface area contributed by atoms with Crippen molar-refractivity contribution in [3.8, 4) is 0 Å². The van der Waals surface area contributed by atoms with Gasteiger partial charge < -0.3 is 14.9 Å². The van der Waals surface area contributed by atoms with Crippen LogP contribution in [0.3, 0.4) is 0 Å². The summed E-state index contributed by atoms with van der Waals surface area (Å²) in [6.45, 7) is 4.16. The van der Waals surface area contributed by atoms with Crippen molar-refractivity contribution in [3.63, 3.8) is 0 Å². The molecule has 0 radical (unpaired) electrons. The second-order valence-electron chi connectivity index (χ2n) is 5.76. The molecular weight excluding hydrogens is 204 g/mol. The molecule has 2 aliphatic rings. The van der Waals surface area contributed by atoms with Crippen LogP contribution in [0.2, 0.25) is 0 Å². The van der Waals surface area contributed by atoms with Crippen LogP contribution in [0.5, 0.6) is 0 Å². The number of ether oxygens (including phenoxy) is 1. The van der Waals surface area contributed by atoms with Crippen LogP contribution in [-0.4, -0.2) is 29.2 Å². The first-order valence-electron chi connectivity index (χ1n) is 6.50. The molecule has 0 heterocycles. The highest BCUT2D eigenvalue weighted by Crippen LogP contribution is 2.56. The Balaban J connectivity index is 2.11. The topological polar surface area (TPSA) is 49.7 Å². The molecule has 16 heavy (non-hydrogen) atoms. The highest BCUT2D eigenvalue weighted by Gasteiger charge is 2.52. The average Bonchev–Trinajstić information content (AvgIpc) is 2.57. The molecule has 2 N–H and O–H groups in total. The Labute approximate surface area is 97.8 Å². The van der Waals surface area contributed by atoms with Crippen molar-refractivity contribution in [3.05, 3.63) is 0 Å². The Bertz CT molecular complexity index is 243. The number of rotatable bonds is 3. The Morgan fingerprint density at radius 2 is 2.12 bits per heavy atom. The molecule has 0 spiro atoms. The summed E-state index contributed by atoms with van der Waals surface area (Å²) in [5.74, 6) is 0.926. The number of aliphatic hydroxyl groups excluding tert-OH is 2. The molecule has 0 aromatic rings. The summed E-state index contributed by atoms with van der Waals surface area (Å²) in [5.41, 5.74) is 0.215. The molecule has 0 aromatic heterocycles. The summed E-state index contributed by atoms with van der Waals surface area (Å²) in [4.78, 5) is 0. The van der Waals surface area contributed by atoms with Gasteiger partial charge in [0, 0.05) is 0 Å². The van der Waals surface area contributed by atoms with Crippen LogP contribution in [0.15, 0.2) is 0 Å². The van der Waals surface area contributed by atoms with E-state index in [2.05, 4.69) is 13.8 Å². The van der Waals surface area contributed by atoms with E-state index in [-0.39, 0.29) is 24.4 Å². The Kier molecular flexibility index (Phi) is 3.57. The van der Waals surface area contributed by atoms with Crippen LogP contribution in [0.1, 0.15) is 46.0 Å². The molecule has 2 rings (SSSR count). The lowest BCUT2D eigenvalue weighted by Gasteiger charge is -2.44. The van der Waals surface area contributed by atoms with Gasteiger partial charge >= 0.3 is 0 Å². The van der Waals surface area contributed by atoms with Crippen LogP contribution in [0.25, 0.3) is 0 Å². The molecule has 0 saturated heterocycles. The molecule has 3 nitrogen and oxygen atoms in total. The van der Waals surface area contributed by atoms with Gasteiger partial charge in [-0.3, -0.25) is 0 Å². The minimum atomic E-state index is -0.193. The Morgan fingerprint density at radius 3 is 2.81 bits per heavy atom. The second kappa shape index (κ2) is 4.63. The maximum Gasteiger partial charge on any atom is 0.143 e. The second-order valence-corrected chi connectivity index (χ2v) is 5.76. The average molecular weight is 228 g/mol. The molecule has 3 heteroatoms. The first-order valence-corrected chi connectivity index (χ1v) is 6.50. The fraction of sp³-hybridized carbons (Fsp3) is 1.00. The van der Waals surface area contributed by atoms with Gasteiger partial charge in [-0.15, -0.1) is 0 Å². The number of fused-ring (bicyclic) bond motifs is 1. The lowest BCUT2D eigenvalue weighted by molar-refractivity contribution is -0.102. The van der Waals surface area contributed by atoms with Crippen molar-refractivity contribution in [2.24, 2.45) is 17.3 Å². The van der Waals surface area contributed by atoms with Gasteiger partial charge in [-0.25, -0.2) is 0 Å². The third-order valence-electron chi connectivity index (χ3n) is 5.07. The van der Waals surface area contributed by atoms with E-state index in [0.717, 1.165) is 25.7 Å². The van der Waals surface area contributed by atoms with Crippen molar-refractivity contribution in [2.75, 3.05) is 6.79 Å². The summed E-state index contributed by atoms with van der Waals surface area (Å²) >= 11 is 0. The number of hydrogen-bond donors (Lipinski definition) is 2. The van der Waals surface area contributed by atoms with E-state index in [1.807, 2.05) is 0 Å². The van der Waals surface area contributed by atoms with E-state index in [1.165, 1.54) is 6.42 Å². The predicted octanol–water partition coefficient (Wildman–Crippen LogP) is 1.92. The third kappa shape index (κ3) is 1.89. The van der Waals surface area contributed by atoms with E-state index < -0.39 is 0 Å². The summed E-state index contributed by atoms with van der Waals surface area (Å²) < 4.78 is 5.35. The minimum absolute atomic E-state index is 0.102. The number of aliphatic hydroxyl groups is 2. The van der Waals surface area contributed by atoms with Crippen LogP contribution in [-0.2, 0) is 4.74 Å². The molecule has 0 aliphatic heterocycles. The van der Waals surface area contributed by atoms with Crippen LogP contribution in [0, 0.1) is 17.3 Å². The molecule has 2 fully saturated rings. The normalized spacial score (nSPS) is 45.4. The van der Waals surface area contributed by atoms with E-state index in [4.69, 9.17) is 9.84 Å². The van der Waals surface area contributed by atoms with Crippen molar-refractivity contribution in [1.29, 1.82) is 0 Å². The van der Waals surface area contributed by atoms with Crippen LogP contribution < -0.4 is 0 Å². The smallest absolute Gasteiger partial charge is 0.143 e. The first kappa shape index (κ1) is 12.3. The summed E-state index contributed by atoms with van der Waals surface area (Å²) in [7, 11) is 0. The van der Waals surface area contributed by atoms with E-state index in [1.54, 1.807) is 0 Å². The van der Waals surface area contributed by atoms with Crippen molar-refractivity contribution >= 4 is 0 Å². The zero-order valence-electron chi connectivity index (χ0n) is 10.4. The molecule has 2 saturated carbocycles. The Morgan fingerprint density at radius 1 is 1.38 bits per heavy atom. The zero-order valence-corrected chi connectivity index (χ0v) is 10.4. The molecule has 5 atom stereocenters. The van der Waals surface area contributed by atoms with Crippen LogP contribution >= 0.6 is 0 Å². The van der Waals surface area contributed by atoms with Gasteiger partial charge in [0.2, 0.25) is 0 Å². The molecular formula is C13H24O3. The lowest BCUT2D eigenvalue weighted by Crippen LogP contribution is -2.43. The van der Waals surface area contributed by atoms with Crippen LogP contribution in [0.4, 0.5) is 0 Å². The van der Waals surface area contributed by atoms with Gasteiger partial charge in [0.05, 0.1) is 12.2 Å². The van der Waals surface area contributed by atoms with Gasteiger partial charge in [-0.1, -0.05) is 13.3 Å². The summed E-state index contributed by atoms with van der Waals surface area (Å²) in [6, 6.07) is 0. The minimum Gasteiger partial charge on any atom is -0.393 e. The van der Waals surface area contributed by atoms with Crippen molar-refractivity contribution in [1.82, 2.24) is 0 Å². The molecule has 0 bridgehead atoms. The fourth-order valence-electron chi connectivity index (χ4n) is 4.19. The Hall–Kier alpha value is -0.120. The van der Waals surface area contributed by atoms with Gasteiger partial charge in [-0.2, -0.15) is 0 Å². The molecule has 0 aromatic carbocycles. The maximum absolute atomic E-state index is 10.1. The van der Waals surface area contributed by atoms with Gasteiger partial charge in [0.15, 0.2) is 0 Å². The lowest BCUT2D eigenvalue weighted by atomic mass is 9.63. The van der Waals surface area contributed by atoms with Crippen molar-refractivity contribution in [2.45, 2.75) is 58.2 Å². The first-order chi connectivity index (χ1) is 7.59. The summed E-state index contributed by atoms with van der Waals surface area (Å²) in [5, 5.41) is 18.9. The van der Waals surface area contributed by atoms with Gasteiger partial charge in [0.25, 0.3) is 0 Å². The standard InChI is InChI=1S/C13H24O3/c1-9(16-8-14)10-5-6-11-12(15)4-3-7-13(10,11)2/h9-12,14-15H,3-8H2,1-2H3/t9-,10+,11-,12-,13+/m0/s1. The highest BCUT2D eigenvalue weighted by molar-refractivity contribution is 5.01. The van der Waals surface area contributed by atoms with Crippen molar-refractivity contribution < 1.29 is 14.9 Å². The molecule has 2 aliphatic carbocycles. The molecule has 0 unspecified atom stereocenters. The van der Waals surface area contributed by atoms with Gasteiger partial charge in [-0.05, 0) is 49.9 Å². The van der Waals surface area contributed by atoms with E-state index in [9.17, 15) is 5.11 Å². The maximum atomic E-state index is 10.1. The summed E-state index contributed by atoms with van der Waals surface area (Å²) in [6.07, 6.45) is 5.49.